The highest BCUT2D eigenvalue weighted by Gasteiger charge is 2.25. The second-order valence-corrected chi connectivity index (χ2v) is 7.64. The highest BCUT2D eigenvalue weighted by molar-refractivity contribution is 7.98. The zero-order valence-electron chi connectivity index (χ0n) is 15.4. The van der Waals surface area contributed by atoms with E-state index in [0.717, 1.165) is 28.5 Å². The molecule has 1 N–H and O–H groups in total. The van der Waals surface area contributed by atoms with Gasteiger partial charge in [0.2, 0.25) is 0 Å². The van der Waals surface area contributed by atoms with Gasteiger partial charge in [-0.2, -0.15) is 16.9 Å². The lowest BCUT2D eigenvalue weighted by Crippen LogP contribution is -2.16. The molecule has 144 valence electrons. The number of aromatic nitrogens is 2. The summed E-state index contributed by atoms with van der Waals surface area (Å²) < 4.78 is 12.3. The molecule has 0 radical (unpaired) electrons. The van der Waals surface area contributed by atoms with Crippen LogP contribution in [0.4, 0.5) is 5.82 Å². The summed E-state index contributed by atoms with van der Waals surface area (Å²) in [6.45, 7) is 0. The van der Waals surface area contributed by atoms with Crippen LogP contribution in [0.25, 0.3) is 5.69 Å². The standard InChI is InChI=1S/C20H18ClN3O3S/c1-26-15-6-12(7-16(9-15)27-2)20(25)22-19-17-10-28-11-18(17)23-24(19)14-5-3-4-13(21)8-14/h3-9H,10-11H2,1-2H3,(H,22,25). The van der Waals surface area contributed by atoms with Gasteiger partial charge in [0.1, 0.15) is 17.3 Å². The molecule has 2 aromatic carbocycles. The van der Waals surface area contributed by atoms with Gasteiger partial charge in [0.15, 0.2) is 0 Å². The Balaban J connectivity index is 1.73. The Morgan fingerprint density at radius 2 is 1.89 bits per heavy atom. The summed E-state index contributed by atoms with van der Waals surface area (Å²) in [5.41, 5.74) is 3.25. The fraction of sp³-hybridized carbons (Fsp3) is 0.200. The van der Waals surface area contributed by atoms with Crippen LogP contribution in [-0.4, -0.2) is 29.9 Å². The fourth-order valence-electron chi connectivity index (χ4n) is 3.05. The maximum absolute atomic E-state index is 13.0. The van der Waals surface area contributed by atoms with Gasteiger partial charge >= 0.3 is 0 Å². The second-order valence-electron chi connectivity index (χ2n) is 6.21. The first-order chi connectivity index (χ1) is 13.6. The number of thioether (sulfide) groups is 1. The van der Waals surface area contributed by atoms with E-state index in [1.807, 2.05) is 18.2 Å². The first kappa shape index (κ1) is 18.7. The van der Waals surface area contributed by atoms with Crippen molar-refractivity contribution in [1.29, 1.82) is 0 Å². The Hall–Kier alpha value is -2.64. The second kappa shape index (κ2) is 7.77. The van der Waals surface area contributed by atoms with Crippen molar-refractivity contribution in [3.63, 3.8) is 0 Å². The van der Waals surface area contributed by atoms with Crippen LogP contribution in [0, 0.1) is 0 Å². The molecule has 0 unspecified atom stereocenters. The average molecular weight is 416 g/mol. The zero-order chi connectivity index (χ0) is 19.7. The number of benzene rings is 2. The maximum Gasteiger partial charge on any atom is 0.257 e. The lowest BCUT2D eigenvalue weighted by Gasteiger charge is -2.12. The number of nitrogens with one attached hydrogen (secondary N) is 1. The number of anilines is 1. The van der Waals surface area contributed by atoms with Crippen LogP contribution in [0.3, 0.4) is 0 Å². The number of carbonyl (C=O) groups excluding carboxylic acids is 1. The number of hydrogen-bond acceptors (Lipinski definition) is 5. The van der Waals surface area contributed by atoms with E-state index in [1.54, 1.807) is 54.9 Å². The molecule has 4 rings (SSSR count). The molecule has 2 heterocycles. The predicted octanol–water partition coefficient (Wildman–Crippen LogP) is 4.54. The van der Waals surface area contributed by atoms with E-state index in [-0.39, 0.29) is 5.91 Å². The number of halogens is 1. The monoisotopic (exact) mass is 415 g/mol. The van der Waals surface area contributed by atoms with Gasteiger partial charge in [0, 0.05) is 33.7 Å². The Kier molecular flexibility index (Phi) is 5.19. The van der Waals surface area contributed by atoms with Gasteiger partial charge in [-0.15, -0.1) is 0 Å². The smallest absolute Gasteiger partial charge is 0.257 e. The Labute approximate surface area is 171 Å². The Bertz CT molecular complexity index is 1030. The van der Waals surface area contributed by atoms with Gasteiger partial charge in [0.25, 0.3) is 5.91 Å². The van der Waals surface area contributed by atoms with Crippen molar-refractivity contribution in [1.82, 2.24) is 9.78 Å². The average Bonchev–Trinajstić information content (AvgIpc) is 3.30. The van der Waals surface area contributed by atoms with Gasteiger partial charge < -0.3 is 14.8 Å². The van der Waals surface area contributed by atoms with Crippen LogP contribution < -0.4 is 14.8 Å². The highest BCUT2D eigenvalue weighted by Crippen LogP contribution is 2.36. The summed E-state index contributed by atoms with van der Waals surface area (Å²) in [5, 5.41) is 8.32. The van der Waals surface area contributed by atoms with Gasteiger partial charge in [-0.05, 0) is 30.3 Å². The molecule has 28 heavy (non-hydrogen) atoms. The molecule has 0 saturated heterocycles. The molecule has 3 aromatic rings. The van der Waals surface area contributed by atoms with Crippen LogP contribution in [0.1, 0.15) is 21.6 Å². The van der Waals surface area contributed by atoms with Crippen LogP contribution in [0.2, 0.25) is 5.02 Å². The van der Waals surface area contributed by atoms with Crippen molar-refractivity contribution in [2.75, 3.05) is 19.5 Å². The number of ether oxygens (including phenoxy) is 2. The molecular weight excluding hydrogens is 398 g/mol. The Morgan fingerprint density at radius 1 is 1.14 bits per heavy atom. The number of rotatable bonds is 5. The number of nitrogens with zero attached hydrogens (tertiary/aromatic N) is 2. The number of carbonyl (C=O) groups is 1. The minimum atomic E-state index is -0.264. The van der Waals surface area contributed by atoms with Crippen LogP contribution in [-0.2, 0) is 11.5 Å². The van der Waals surface area contributed by atoms with Crippen molar-refractivity contribution in [2.45, 2.75) is 11.5 Å². The molecule has 1 aliphatic rings. The minimum absolute atomic E-state index is 0.264. The third-order valence-corrected chi connectivity index (χ3v) is 5.66. The van der Waals surface area contributed by atoms with Gasteiger partial charge in [-0.25, -0.2) is 4.68 Å². The molecule has 0 atom stereocenters. The summed E-state index contributed by atoms with van der Waals surface area (Å²) >= 11 is 7.92. The van der Waals surface area contributed by atoms with E-state index in [9.17, 15) is 4.79 Å². The summed E-state index contributed by atoms with van der Waals surface area (Å²) in [6, 6.07) is 12.5. The molecule has 1 amide bonds. The topological polar surface area (TPSA) is 65.4 Å². The molecule has 0 saturated carbocycles. The van der Waals surface area contributed by atoms with E-state index >= 15 is 0 Å². The molecule has 8 heteroatoms. The van der Waals surface area contributed by atoms with Gasteiger partial charge in [-0.1, -0.05) is 17.7 Å². The summed E-state index contributed by atoms with van der Waals surface area (Å²) in [4.78, 5) is 13.0. The van der Waals surface area contributed by atoms with Crippen LogP contribution >= 0.6 is 23.4 Å². The molecule has 6 nitrogen and oxygen atoms in total. The van der Waals surface area contributed by atoms with Crippen molar-refractivity contribution >= 4 is 35.1 Å². The van der Waals surface area contributed by atoms with Crippen molar-refractivity contribution in [2.24, 2.45) is 0 Å². The first-order valence-corrected chi connectivity index (χ1v) is 10.1. The van der Waals surface area contributed by atoms with Crippen LogP contribution in [0.15, 0.2) is 42.5 Å². The molecule has 0 spiro atoms. The summed E-state index contributed by atoms with van der Waals surface area (Å²) in [7, 11) is 3.10. The molecule has 1 aromatic heterocycles. The molecular formula is C20H18ClN3O3S. The van der Waals surface area contributed by atoms with Crippen molar-refractivity contribution in [3.05, 3.63) is 64.3 Å². The maximum atomic E-state index is 13.0. The largest absolute Gasteiger partial charge is 0.497 e. The SMILES string of the molecule is COc1cc(OC)cc(C(=O)Nc2c3c(nn2-c2cccc(Cl)c2)CSC3)c1. The fourth-order valence-corrected chi connectivity index (χ4v) is 4.27. The molecule has 1 aliphatic heterocycles. The van der Waals surface area contributed by atoms with E-state index in [1.165, 1.54) is 0 Å². The zero-order valence-corrected chi connectivity index (χ0v) is 16.9. The van der Waals surface area contributed by atoms with Crippen molar-refractivity contribution in [3.8, 4) is 17.2 Å². The highest BCUT2D eigenvalue weighted by atomic mass is 35.5. The molecule has 0 fully saturated rings. The minimum Gasteiger partial charge on any atom is -0.497 e. The third-order valence-electron chi connectivity index (χ3n) is 4.45. The molecule has 0 aliphatic carbocycles. The summed E-state index contributed by atoms with van der Waals surface area (Å²) in [6.07, 6.45) is 0. The summed E-state index contributed by atoms with van der Waals surface area (Å²) in [5.74, 6) is 3.11. The lowest BCUT2D eigenvalue weighted by atomic mass is 10.1. The third kappa shape index (κ3) is 3.55. The predicted molar refractivity (Wildman–Crippen MR) is 111 cm³/mol. The van der Waals surface area contributed by atoms with Gasteiger partial charge in [-0.3, -0.25) is 4.79 Å². The number of amides is 1. The Morgan fingerprint density at radius 3 is 2.57 bits per heavy atom. The normalized spacial score (nSPS) is 12.5. The number of fused-ring (bicyclic) bond motifs is 1. The van der Waals surface area contributed by atoms with E-state index in [0.29, 0.717) is 27.9 Å². The van der Waals surface area contributed by atoms with Crippen molar-refractivity contribution < 1.29 is 14.3 Å². The quantitative estimate of drug-likeness (QED) is 0.662. The number of hydrogen-bond donors (Lipinski definition) is 1. The van der Waals surface area contributed by atoms with Crippen LogP contribution in [0.5, 0.6) is 11.5 Å². The first-order valence-electron chi connectivity index (χ1n) is 8.58. The lowest BCUT2D eigenvalue weighted by molar-refractivity contribution is 0.102. The number of methoxy groups -OCH3 is 2. The van der Waals surface area contributed by atoms with E-state index < -0.39 is 0 Å². The van der Waals surface area contributed by atoms with E-state index in [2.05, 4.69) is 10.4 Å². The molecule has 0 bridgehead atoms. The van der Waals surface area contributed by atoms with E-state index in [4.69, 9.17) is 21.1 Å². The van der Waals surface area contributed by atoms with Gasteiger partial charge in [0.05, 0.1) is 25.6 Å².